The van der Waals surface area contributed by atoms with Gasteiger partial charge in [-0.25, -0.2) is 4.98 Å². The van der Waals surface area contributed by atoms with E-state index in [0.717, 1.165) is 43.5 Å². The van der Waals surface area contributed by atoms with Crippen LogP contribution in [0.1, 0.15) is 32.3 Å². The van der Waals surface area contributed by atoms with Gasteiger partial charge in [0.25, 0.3) is 0 Å². The zero-order valence-electron chi connectivity index (χ0n) is 12.9. The molecule has 3 rings (SSSR count). The third kappa shape index (κ3) is 3.39. The second-order valence-electron chi connectivity index (χ2n) is 6.45. The van der Waals surface area contributed by atoms with Gasteiger partial charge in [-0.2, -0.15) is 0 Å². The van der Waals surface area contributed by atoms with Gasteiger partial charge >= 0.3 is 0 Å². The second-order valence-corrected chi connectivity index (χ2v) is 6.45. The Morgan fingerprint density at radius 2 is 2.10 bits per heavy atom. The normalized spacial score (nSPS) is 15.1. The van der Waals surface area contributed by atoms with Crippen LogP contribution in [-0.2, 0) is 19.6 Å². The molecule has 6 nitrogen and oxygen atoms in total. The topological polar surface area (TPSA) is 58.9 Å². The minimum absolute atomic E-state index is 0.0965. The molecular formula is C15H22N6. The maximum Gasteiger partial charge on any atom is 0.152 e. The number of nitrogens with one attached hydrogen (secondary N) is 1. The van der Waals surface area contributed by atoms with E-state index in [1.807, 2.05) is 0 Å². The fourth-order valence-electron chi connectivity index (χ4n) is 2.36. The molecule has 0 radical (unpaired) electrons. The van der Waals surface area contributed by atoms with Crippen molar-refractivity contribution in [2.24, 2.45) is 0 Å². The predicted molar refractivity (Wildman–Crippen MR) is 81.9 cm³/mol. The number of hydrogen-bond donors (Lipinski definition) is 1. The third-order valence-corrected chi connectivity index (χ3v) is 3.55. The SMILES string of the molecule is CC(C)(C)NCc1cccc(N2CCn3cnnc3C2)n1. The molecule has 0 spiro atoms. The quantitative estimate of drug-likeness (QED) is 0.928. The van der Waals surface area contributed by atoms with Crippen LogP contribution in [0.15, 0.2) is 24.5 Å². The minimum Gasteiger partial charge on any atom is -0.347 e. The van der Waals surface area contributed by atoms with Gasteiger partial charge in [0.15, 0.2) is 5.82 Å². The highest BCUT2D eigenvalue weighted by Crippen LogP contribution is 2.18. The Morgan fingerprint density at radius 1 is 1.24 bits per heavy atom. The van der Waals surface area contributed by atoms with E-state index in [2.05, 4.69) is 64.0 Å². The molecule has 6 heteroatoms. The fourth-order valence-corrected chi connectivity index (χ4v) is 2.36. The summed E-state index contributed by atoms with van der Waals surface area (Å²) in [7, 11) is 0. The summed E-state index contributed by atoms with van der Waals surface area (Å²) in [6.07, 6.45) is 1.80. The van der Waals surface area contributed by atoms with Crippen molar-refractivity contribution < 1.29 is 0 Å². The maximum atomic E-state index is 4.76. The largest absolute Gasteiger partial charge is 0.347 e. The van der Waals surface area contributed by atoms with Gasteiger partial charge in [-0.3, -0.25) is 0 Å². The Labute approximate surface area is 125 Å². The van der Waals surface area contributed by atoms with Crippen LogP contribution in [0.25, 0.3) is 0 Å². The maximum absolute atomic E-state index is 4.76. The van der Waals surface area contributed by atoms with E-state index < -0.39 is 0 Å². The van der Waals surface area contributed by atoms with Crippen molar-refractivity contribution in [1.29, 1.82) is 0 Å². The highest BCUT2D eigenvalue weighted by atomic mass is 15.3. The van der Waals surface area contributed by atoms with Crippen LogP contribution in [0.5, 0.6) is 0 Å². The molecule has 2 aromatic rings. The molecule has 0 unspecified atom stereocenters. The molecule has 0 atom stereocenters. The molecule has 21 heavy (non-hydrogen) atoms. The number of nitrogens with zero attached hydrogens (tertiary/aromatic N) is 5. The van der Waals surface area contributed by atoms with Crippen molar-refractivity contribution >= 4 is 5.82 Å². The second kappa shape index (κ2) is 5.44. The molecule has 1 aliphatic heterocycles. The van der Waals surface area contributed by atoms with Crippen molar-refractivity contribution in [2.45, 2.75) is 45.9 Å². The summed E-state index contributed by atoms with van der Waals surface area (Å²) in [6.45, 7) is 9.88. The number of rotatable bonds is 3. The predicted octanol–water partition coefficient (Wildman–Crippen LogP) is 1.58. The first kappa shape index (κ1) is 14.0. The molecule has 3 heterocycles. The van der Waals surface area contributed by atoms with Gasteiger partial charge in [0, 0.05) is 25.2 Å². The molecule has 0 aromatic carbocycles. The Kier molecular flexibility index (Phi) is 3.63. The molecule has 1 N–H and O–H groups in total. The van der Waals surface area contributed by atoms with Gasteiger partial charge in [-0.1, -0.05) is 6.07 Å². The number of aromatic nitrogens is 4. The average molecular weight is 286 g/mol. The summed E-state index contributed by atoms with van der Waals surface area (Å²) in [4.78, 5) is 7.02. The van der Waals surface area contributed by atoms with E-state index in [1.165, 1.54) is 0 Å². The highest BCUT2D eigenvalue weighted by molar-refractivity contribution is 5.40. The summed E-state index contributed by atoms with van der Waals surface area (Å²) in [5, 5.41) is 11.6. The van der Waals surface area contributed by atoms with Gasteiger partial charge in [-0.15, -0.1) is 10.2 Å². The molecular weight excluding hydrogens is 264 g/mol. The van der Waals surface area contributed by atoms with Crippen LogP contribution in [0.3, 0.4) is 0 Å². The summed E-state index contributed by atoms with van der Waals surface area (Å²) in [6, 6.07) is 6.20. The fraction of sp³-hybridized carbons (Fsp3) is 0.533. The van der Waals surface area contributed by atoms with Crippen molar-refractivity contribution in [2.75, 3.05) is 11.4 Å². The van der Waals surface area contributed by atoms with Crippen LogP contribution >= 0.6 is 0 Å². The smallest absolute Gasteiger partial charge is 0.152 e. The molecule has 0 bridgehead atoms. The van der Waals surface area contributed by atoms with E-state index in [9.17, 15) is 0 Å². The first-order valence-electron chi connectivity index (χ1n) is 7.34. The summed E-state index contributed by atoms with van der Waals surface area (Å²) in [5.74, 6) is 2.01. The van der Waals surface area contributed by atoms with Crippen LogP contribution in [0.2, 0.25) is 0 Å². The molecule has 112 valence electrons. The Hall–Kier alpha value is -1.95. The van der Waals surface area contributed by atoms with E-state index in [1.54, 1.807) is 6.33 Å². The molecule has 0 saturated heterocycles. The van der Waals surface area contributed by atoms with E-state index >= 15 is 0 Å². The highest BCUT2D eigenvalue weighted by Gasteiger charge is 2.18. The van der Waals surface area contributed by atoms with Gasteiger partial charge in [0.1, 0.15) is 12.1 Å². The summed E-state index contributed by atoms with van der Waals surface area (Å²) >= 11 is 0. The molecule has 1 aliphatic rings. The molecule has 0 amide bonds. The Morgan fingerprint density at radius 3 is 2.90 bits per heavy atom. The average Bonchev–Trinajstić information content (AvgIpc) is 2.92. The zero-order chi connectivity index (χ0) is 14.9. The summed E-state index contributed by atoms with van der Waals surface area (Å²) in [5.41, 5.74) is 1.16. The molecule has 2 aromatic heterocycles. The standard InChI is InChI=1S/C15H22N6/c1-15(2,3)16-9-12-5-4-6-13(18-12)20-7-8-21-11-17-19-14(21)10-20/h4-6,11,16H,7-10H2,1-3H3. The Bertz CT molecular complexity index is 613. The third-order valence-electron chi connectivity index (χ3n) is 3.55. The van der Waals surface area contributed by atoms with Crippen molar-refractivity contribution in [1.82, 2.24) is 25.1 Å². The van der Waals surface area contributed by atoms with Gasteiger partial charge in [0.2, 0.25) is 0 Å². The molecule has 0 aliphatic carbocycles. The lowest BCUT2D eigenvalue weighted by Gasteiger charge is -2.28. The summed E-state index contributed by atoms with van der Waals surface area (Å²) < 4.78 is 2.10. The monoisotopic (exact) mass is 286 g/mol. The lowest BCUT2D eigenvalue weighted by atomic mass is 10.1. The van der Waals surface area contributed by atoms with Gasteiger partial charge in [-0.05, 0) is 32.9 Å². The van der Waals surface area contributed by atoms with E-state index in [4.69, 9.17) is 4.98 Å². The lowest BCUT2D eigenvalue weighted by Crippen LogP contribution is -2.36. The van der Waals surface area contributed by atoms with Crippen LogP contribution in [0, 0.1) is 0 Å². The van der Waals surface area contributed by atoms with Crippen molar-refractivity contribution in [3.8, 4) is 0 Å². The first-order chi connectivity index (χ1) is 10.0. The van der Waals surface area contributed by atoms with Crippen molar-refractivity contribution in [3.63, 3.8) is 0 Å². The lowest BCUT2D eigenvalue weighted by molar-refractivity contribution is 0.421. The van der Waals surface area contributed by atoms with Crippen LogP contribution in [0.4, 0.5) is 5.82 Å². The number of anilines is 1. The minimum atomic E-state index is 0.0965. The first-order valence-corrected chi connectivity index (χ1v) is 7.34. The number of pyridine rings is 1. The van der Waals surface area contributed by atoms with Crippen LogP contribution < -0.4 is 10.2 Å². The van der Waals surface area contributed by atoms with Crippen molar-refractivity contribution in [3.05, 3.63) is 36.0 Å². The Balaban J connectivity index is 1.72. The molecule has 0 saturated carbocycles. The van der Waals surface area contributed by atoms with Crippen LogP contribution in [-0.4, -0.2) is 31.8 Å². The van der Waals surface area contributed by atoms with E-state index in [0.29, 0.717) is 0 Å². The zero-order valence-corrected chi connectivity index (χ0v) is 12.9. The van der Waals surface area contributed by atoms with Gasteiger partial charge in [0.05, 0.1) is 12.2 Å². The molecule has 0 fully saturated rings. The van der Waals surface area contributed by atoms with Gasteiger partial charge < -0.3 is 14.8 Å². The number of hydrogen-bond acceptors (Lipinski definition) is 5. The number of fused-ring (bicyclic) bond motifs is 1. The van der Waals surface area contributed by atoms with E-state index in [-0.39, 0.29) is 5.54 Å².